The molecule has 0 spiro atoms. The molecule has 0 bridgehead atoms. The van der Waals surface area contributed by atoms with Crippen molar-refractivity contribution in [1.82, 2.24) is 4.31 Å². The minimum absolute atomic E-state index is 0.0324. The molecule has 0 aliphatic carbocycles. The van der Waals surface area contributed by atoms with Gasteiger partial charge in [-0.2, -0.15) is 4.31 Å². The van der Waals surface area contributed by atoms with Gasteiger partial charge < -0.3 is 4.74 Å². The van der Waals surface area contributed by atoms with Crippen molar-refractivity contribution in [1.29, 1.82) is 0 Å². The highest BCUT2D eigenvalue weighted by Gasteiger charge is 2.57. The molecule has 0 amide bonds. The summed E-state index contributed by atoms with van der Waals surface area (Å²) >= 11 is 2.28. The normalized spacial score (nSPS) is 27.0. The molecule has 3 atom stereocenters. The molecule has 1 aromatic carbocycles. The van der Waals surface area contributed by atoms with E-state index in [0.717, 1.165) is 12.0 Å². The van der Waals surface area contributed by atoms with Crippen LogP contribution in [-0.2, 0) is 19.6 Å². The number of benzene rings is 1. The summed E-state index contributed by atoms with van der Waals surface area (Å²) in [7, 11) is -3.82. The van der Waals surface area contributed by atoms with Crippen LogP contribution in [0.15, 0.2) is 29.2 Å². The van der Waals surface area contributed by atoms with Crippen molar-refractivity contribution in [3.05, 3.63) is 29.8 Å². The fraction of sp³-hybridized carbons (Fsp3) is 0.632. The summed E-state index contributed by atoms with van der Waals surface area (Å²) in [6, 6.07) is 6.00. The monoisotopic (exact) mass is 493 g/mol. The van der Waals surface area contributed by atoms with E-state index in [9.17, 15) is 13.2 Å². The zero-order chi connectivity index (χ0) is 19.7. The lowest BCUT2D eigenvalue weighted by molar-refractivity contribution is -0.152. The Balaban J connectivity index is 2.54. The Hall–Kier alpha value is -0.670. The topological polar surface area (TPSA) is 63.7 Å². The van der Waals surface area contributed by atoms with E-state index in [-0.39, 0.29) is 14.9 Å². The van der Waals surface area contributed by atoms with Crippen molar-refractivity contribution in [3.63, 3.8) is 0 Å². The number of hydrogen-bond acceptors (Lipinski definition) is 4. The number of ether oxygens (including phenoxy) is 1. The van der Waals surface area contributed by atoms with Crippen LogP contribution in [0.5, 0.6) is 0 Å². The number of rotatable bonds is 6. The summed E-state index contributed by atoms with van der Waals surface area (Å²) in [5, 5.41) is 0. The van der Waals surface area contributed by atoms with Gasteiger partial charge >= 0.3 is 5.97 Å². The van der Waals surface area contributed by atoms with Crippen LogP contribution in [0.25, 0.3) is 0 Å². The maximum Gasteiger partial charge on any atom is 0.324 e. The van der Waals surface area contributed by atoms with E-state index in [1.54, 1.807) is 38.1 Å². The number of aryl methyl sites for hydroxylation is 1. The molecule has 1 aliphatic rings. The molecule has 7 heteroatoms. The number of hydrogen-bond donors (Lipinski definition) is 0. The quantitative estimate of drug-likeness (QED) is 0.341. The molecule has 0 saturated carbocycles. The number of esters is 1. The molecule has 1 saturated heterocycles. The fourth-order valence-corrected chi connectivity index (χ4v) is 6.85. The lowest BCUT2D eigenvalue weighted by atomic mass is 9.94. The second-order valence-electron chi connectivity index (χ2n) is 7.43. The van der Waals surface area contributed by atoms with Crippen molar-refractivity contribution < 1.29 is 17.9 Å². The molecule has 0 N–H and O–H groups in total. The lowest BCUT2D eigenvalue weighted by Crippen LogP contribution is -2.53. The van der Waals surface area contributed by atoms with Gasteiger partial charge in [-0.3, -0.25) is 4.79 Å². The highest BCUT2D eigenvalue weighted by Crippen LogP contribution is 2.45. The van der Waals surface area contributed by atoms with Crippen LogP contribution in [0, 0.1) is 6.92 Å². The van der Waals surface area contributed by atoms with E-state index in [2.05, 4.69) is 22.6 Å². The molecule has 5 nitrogen and oxygen atoms in total. The predicted octanol–water partition coefficient (Wildman–Crippen LogP) is 4.07. The summed E-state index contributed by atoms with van der Waals surface area (Å²) in [4.78, 5) is 12.9. The first-order valence-electron chi connectivity index (χ1n) is 8.99. The van der Waals surface area contributed by atoms with Crippen LogP contribution in [0.2, 0.25) is 0 Å². The highest BCUT2D eigenvalue weighted by molar-refractivity contribution is 14.1. The van der Waals surface area contributed by atoms with Crippen molar-refractivity contribution in [2.24, 2.45) is 0 Å². The van der Waals surface area contributed by atoms with E-state index >= 15 is 0 Å². The van der Waals surface area contributed by atoms with Gasteiger partial charge in [0.1, 0.15) is 6.04 Å². The molecule has 1 heterocycles. The number of halogens is 1. The van der Waals surface area contributed by atoms with Crippen molar-refractivity contribution in [2.45, 2.75) is 80.4 Å². The Morgan fingerprint density at radius 3 is 2.42 bits per heavy atom. The lowest BCUT2D eigenvalue weighted by Gasteiger charge is -2.38. The van der Waals surface area contributed by atoms with Gasteiger partial charge in [-0.25, -0.2) is 8.42 Å². The maximum absolute atomic E-state index is 13.5. The summed E-state index contributed by atoms with van der Waals surface area (Å²) in [5.41, 5.74) is 0.365. The van der Waals surface area contributed by atoms with E-state index in [1.165, 1.54) is 4.31 Å². The van der Waals surface area contributed by atoms with Gasteiger partial charge in [0.15, 0.2) is 0 Å². The fourth-order valence-electron chi connectivity index (χ4n) is 3.58. The highest BCUT2D eigenvalue weighted by atomic mass is 127. The van der Waals surface area contributed by atoms with Crippen LogP contribution < -0.4 is 0 Å². The predicted molar refractivity (Wildman–Crippen MR) is 111 cm³/mol. The smallest absolute Gasteiger partial charge is 0.324 e. The first kappa shape index (κ1) is 21.6. The molecule has 26 heavy (non-hydrogen) atoms. The Morgan fingerprint density at radius 2 is 1.92 bits per heavy atom. The molecular formula is C19H28INO4S. The summed E-state index contributed by atoms with van der Waals surface area (Å²) in [6.07, 6.45) is 1.71. The third-order valence-corrected chi connectivity index (χ3v) is 8.76. The van der Waals surface area contributed by atoms with Crippen molar-refractivity contribution in [3.8, 4) is 0 Å². The Bertz CT molecular complexity index is 747. The van der Waals surface area contributed by atoms with Gasteiger partial charge in [0.25, 0.3) is 0 Å². The van der Waals surface area contributed by atoms with Crippen LogP contribution in [-0.4, -0.2) is 40.3 Å². The molecule has 1 fully saturated rings. The zero-order valence-electron chi connectivity index (χ0n) is 16.0. The van der Waals surface area contributed by atoms with Gasteiger partial charge in [0, 0.05) is 9.46 Å². The molecule has 146 valence electrons. The minimum atomic E-state index is -3.82. The number of nitrogens with zero attached hydrogens (tertiary/aromatic N) is 1. The molecule has 1 aliphatic heterocycles. The Labute approximate surface area is 170 Å². The first-order chi connectivity index (χ1) is 12.0. The number of alkyl halides is 1. The molecule has 1 aromatic rings. The third kappa shape index (κ3) is 4.09. The van der Waals surface area contributed by atoms with Gasteiger partial charge in [0.2, 0.25) is 10.0 Å². The van der Waals surface area contributed by atoms with Crippen LogP contribution in [0.3, 0.4) is 0 Å². The summed E-state index contributed by atoms with van der Waals surface area (Å²) in [6.45, 7) is 9.45. The van der Waals surface area contributed by atoms with E-state index in [4.69, 9.17) is 4.74 Å². The van der Waals surface area contributed by atoms with Crippen LogP contribution >= 0.6 is 22.6 Å². The molecule has 0 unspecified atom stereocenters. The Kier molecular flexibility index (Phi) is 6.77. The van der Waals surface area contributed by atoms with Gasteiger partial charge in [-0.1, -0.05) is 53.6 Å². The van der Waals surface area contributed by atoms with Crippen molar-refractivity contribution in [2.75, 3.05) is 0 Å². The molecular weight excluding hydrogens is 465 g/mol. The Morgan fingerprint density at radius 1 is 1.35 bits per heavy atom. The SMILES string of the molecule is CCC[C@@]1(C)[C@H](I)C[C@H](C(=O)OC(C)C)N1S(=O)(=O)c1ccc(C)cc1. The number of carbonyl (C=O) groups excluding carboxylic acids is 1. The van der Waals surface area contributed by atoms with Crippen LogP contribution in [0.4, 0.5) is 0 Å². The molecule has 2 rings (SSSR count). The second kappa shape index (κ2) is 8.14. The van der Waals surface area contributed by atoms with E-state index < -0.39 is 27.6 Å². The average Bonchev–Trinajstić information content (AvgIpc) is 2.80. The number of carbonyl (C=O) groups is 1. The van der Waals surface area contributed by atoms with Gasteiger partial charge in [-0.15, -0.1) is 0 Å². The van der Waals surface area contributed by atoms with E-state index in [1.807, 2.05) is 20.8 Å². The second-order valence-corrected chi connectivity index (χ2v) is 10.7. The zero-order valence-corrected chi connectivity index (χ0v) is 19.0. The maximum atomic E-state index is 13.5. The standard InChI is InChI=1S/C19H28INO4S/c1-6-11-19(5)17(20)12-16(18(22)25-13(2)3)21(19)26(23,24)15-9-7-14(4)8-10-15/h7-10,13,16-17H,6,11-12H2,1-5H3/t16-,17-,19+/m1/s1. The van der Waals surface area contributed by atoms with Gasteiger partial charge in [0.05, 0.1) is 11.0 Å². The van der Waals surface area contributed by atoms with Gasteiger partial charge in [-0.05, 0) is 52.7 Å². The largest absolute Gasteiger partial charge is 0.462 e. The third-order valence-electron chi connectivity index (χ3n) is 4.85. The summed E-state index contributed by atoms with van der Waals surface area (Å²) < 4.78 is 33.8. The first-order valence-corrected chi connectivity index (χ1v) is 11.7. The minimum Gasteiger partial charge on any atom is -0.462 e. The summed E-state index contributed by atoms with van der Waals surface area (Å²) in [5.74, 6) is -0.461. The molecule has 0 radical (unpaired) electrons. The van der Waals surface area contributed by atoms with Crippen molar-refractivity contribution >= 4 is 38.6 Å². The van der Waals surface area contributed by atoms with Crippen LogP contribution in [0.1, 0.15) is 52.5 Å². The average molecular weight is 493 g/mol. The number of sulfonamides is 1. The molecule has 0 aromatic heterocycles. The van der Waals surface area contributed by atoms with E-state index in [0.29, 0.717) is 12.8 Å².